The van der Waals surface area contributed by atoms with Gasteiger partial charge in [-0.05, 0) is 82.3 Å². The highest BCUT2D eigenvalue weighted by Gasteiger charge is 2.14. The van der Waals surface area contributed by atoms with E-state index in [4.69, 9.17) is 42.1 Å². The fraction of sp³-hybridized carbons (Fsp3) is 0.160. The van der Waals surface area contributed by atoms with Crippen LogP contribution in [0.4, 0.5) is 0 Å². The molecule has 3 aromatic carbocycles. The van der Waals surface area contributed by atoms with Crippen molar-refractivity contribution in [3.05, 3.63) is 78.8 Å². The van der Waals surface area contributed by atoms with Gasteiger partial charge in [0.25, 0.3) is 0 Å². The summed E-state index contributed by atoms with van der Waals surface area (Å²) in [6.07, 6.45) is 1.78. The van der Waals surface area contributed by atoms with Gasteiger partial charge < -0.3 is 18.9 Å². The molecular weight excluding hydrogens is 576 g/mol. The number of rotatable bonds is 8. The van der Waals surface area contributed by atoms with Crippen LogP contribution in [0.2, 0.25) is 10.0 Å². The van der Waals surface area contributed by atoms with Crippen molar-refractivity contribution < 1.29 is 18.9 Å². The van der Waals surface area contributed by atoms with Crippen LogP contribution in [0.1, 0.15) is 16.7 Å². The van der Waals surface area contributed by atoms with E-state index in [9.17, 15) is 5.26 Å². The SMILES string of the molecule is COc1ccc(/C(C#N)=C/c2cc(I)c(OCc3ccc(Cl)cc3Cl)c(OC)c2)cc1OC. The van der Waals surface area contributed by atoms with Crippen LogP contribution in [-0.2, 0) is 6.61 Å². The Morgan fingerprint density at radius 3 is 2.30 bits per heavy atom. The van der Waals surface area contributed by atoms with Crippen molar-refractivity contribution in [3.8, 4) is 29.1 Å². The number of nitriles is 1. The molecule has 0 N–H and O–H groups in total. The topological polar surface area (TPSA) is 60.7 Å². The number of allylic oxidation sites excluding steroid dienone is 1. The fourth-order valence-corrected chi connectivity index (χ4v) is 4.35. The van der Waals surface area contributed by atoms with Gasteiger partial charge in [-0.2, -0.15) is 5.26 Å². The van der Waals surface area contributed by atoms with Gasteiger partial charge in [-0.3, -0.25) is 0 Å². The van der Waals surface area contributed by atoms with Crippen molar-refractivity contribution in [1.29, 1.82) is 5.26 Å². The third-order valence-corrected chi connectivity index (χ3v) is 6.15. The van der Waals surface area contributed by atoms with E-state index in [0.29, 0.717) is 44.2 Å². The summed E-state index contributed by atoms with van der Waals surface area (Å²) in [5.74, 6) is 2.28. The molecule has 0 aromatic heterocycles. The van der Waals surface area contributed by atoms with Crippen LogP contribution in [0.15, 0.2) is 48.5 Å². The zero-order valence-corrected chi connectivity index (χ0v) is 21.8. The van der Waals surface area contributed by atoms with Gasteiger partial charge in [-0.25, -0.2) is 0 Å². The third-order valence-electron chi connectivity index (χ3n) is 4.76. The van der Waals surface area contributed by atoms with Crippen LogP contribution in [0, 0.1) is 14.9 Å². The lowest BCUT2D eigenvalue weighted by Gasteiger charge is -2.15. The monoisotopic (exact) mass is 595 g/mol. The summed E-state index contributed by atoms with van der Waals surface area (Å²) in [5, 5.41) is 10.9. The number of ether oxygens (including phenoxy) is 4. The van der Waals surface area contributed by atoms with E-state index in [0.717, 1.165) is 14.7 Å². The Bertz CT molecular complexity index is 1240. The lowest BCUT2D eigenvalue weighted by Crippen LogP contribution is -2.01. The molecular formula is C25H20Cl2INO4. The molecule has 0 unspecified atom stereocenters. The van der Waals surface area contributed by atoms with Crippen LogP contribution in [0.3, 0.4) is 0 Å². The van der Waals surface area contributed by atoms with Gasteiger partial charge in [-0.1, -0.05) is 29.3 Å². The number of methoxy groups -OCH3 is 3. The van der Waals surface area contributed by atoms with Gasteiger partial charge in [0.15, 0.2) is 23.0 Å². The zero-order chi connectivity index (χ0) is 24.0. The maximum Gasteiger partial charge on any atom is 0.174 e. The normalized spacial score (nSPS) is 11.0. The van der Waals surface area contributed by atoms with Gasteiger partial charge in [0.2, 0.25) is 0 Å². The van der Waals surface area contributed by atoms with E-state index < -0.39 is 0 Å². The molecule has 0 aliphatic heterocycles. The van der Waals surface area contributed by atoms with Crippen molar-refractivity contribution in [3.63, 3.8) is 0 Å². The molecule has 8 heteroatoms. The second kappa shape index (κ2) is 11.5. The Morgan fingerprint density at radius 1 is 0.939 bits per heavy atom. The number of hydrogen-bond acceptors (Lipinski definition) is 5. The Hall–Kier alpha value is -2.60. The zero-order valence-electron chi connectivity index (χ0n) is 18.1. The third kappa shape index (κ3) is 6.05. The summed E-state index contributed by atoms with van der Waals surface area (Å²) >= 11 is 14.4. The number of halogens is 3. The quantitative estimate of drug-likeness (QED) is 0.156. The maximum atomic E-state index is 9.77. The smallest absolute Gasteiger partial charge is 0.174 e. The van der Waals surface area contributed by atoms with Gasteiger partial charge in [0, 0.05) is 15.6 Å². The molecule has 0 fully saturated rings. The van der Waals surface area contributed by atoms with Crippen LogP contribution >= 0.6 is 45.8 Å². The maximum absolute atomic E-state index is 9.77. The largest absolute Gasteiger partial charge is 0.493 e. The first-order valence-corrected chi connectivity index (χ1v) is 11.5. The molecule has 0 heterocycles. The summed E-state index contributed by atoms with van der Waals surface area (Å²) in [7, 11) is 4.69. The van der Waals surface area contributed by atoms with E-state index in [2.05, 4.69) is 28.7 Å². The first-order chi connectivity index (χ1) is 15.9. The number of hydrogen-bond donors (Lipinski definition) is 0. The van der Waals surface area contributed by atoms with E-state index in [1.54, 1.807) is 51.7 Å². The molecule has 170 valence electrons. The van der Waals surface area contributed by atoms with Crippen molar-refractivity contribution in [2.45, 2.75) is 6.61 Å². The lowest BCUT2D eigenvalue weighted by molar-refractivity contribution is 0.282. The van der Waals surface area contributed by atoms with Crippen molar-refractivity contribution in [2.24, 2.45) is 0 Å². The highest BCUT2D eigenvalue weighted by Crippen LogP contribution is 2.37. The van der Waals surface area contributed by atoms with Gasteiger partial charge in [0.1, 0.15) is 6.61 Å². The molecule has 0 aliphatic rings. The molecule has 5 nitrogen and oxygen atoms in total. The van der Waals surface area contributed by atoms with Gasteiger partial charge >= 0.3 is 0 Å². The standard InChI is InChI=1S/C25H20Cl2INO4/c1-30-22-7-5-16(11-23(22)31-2)18(13-29)8-15-9-21(28)25(24(10-15)32-3)33-14-17-4-6-19(26)12-20(17)27/h4-12H,14H2,1-3H3/b18-8+. The molecule has 0 spiro atoms. The molecule has 0 bridgehead atoms. The van der Waals surface area contributed by atoms with E-state index in [-0.39, 0.29) is 6.61 Å². The number of nitrogens with zero attached hydrogens (tertiary/aromatic N) is 1. The van der Waals surface area contributed by atoms with Crippen LogP contribution in [0.25, 0.3) is 11.6 Å². The second-order valence-electron chi connectivity index (χ2n) is 6.80. The van der Waals surface area contributed by atoms with Crippen LogP contribution in [-0.4, -0.2) is 21.3 Å². The summed E-state index contributed by atoms with van der Waals surface area (Å²) in [6.45, 7) is 0.257. The predicted molar refractivity (Wildman–Crippen MR) is 140 cm³/mol. The Balaban J connectivity index is 1.92. The van der Waals surface area contributed by atoms with E-state index in [1.807, 2.05) is 24.3 Å². The van der Waals surface area contributed by atoms with Crippen molar-refractivity contribution in [2.75, 3.05) is 21.3 Å². The van der Waals surface area contributed by atoms with Crippen LogP contribution < -0.4 is 18.9 Å². The minimum Gasteiger partial charge on any atom is -0.493 e. The Kier molecular flexibility index (Phi) is 8.73. The van der Waals surface area contributed by atoms with E-state index >= 15 is 0 Å². The minimum absolute atomic E-state index is 0.257. The summed E-state index contributed by atoms with van der Waals surface area (Å²) in [4.78, 5) is 0. The molecule has 0 atom stereocenters. The highest BCUT2D eigenvalue weighted by molar-refractivity contribution is 14.1. The first kappa shape index (κ1) is 25.0. The molecule has 33 heavy (non-hydrogen) atoms. The molecule has 3 aromatic rings. The molecule has 0 amide bonds. The van der Waals surface area contributed by atoms with Crippen LogP contribution in [0.5, 0.6) is 23.0 Å². The highest BCUT2D eigenvalue weighted by atomic mass is 127. The van der Waals surface area contributed by atoms with Gasteiger partial charge in [0.05, 0.1) is 36.5 Å². The first-order valence-electron chi connectivity index (χ1n) is 9.68. The van der Waals surface area contributed by atoms with Crippen molar-refractivity contribution >= 4 is 57.4 Å². The molecule has 3 rings (SSSR count). The Morgan fingerprint density at radius 2 is 1.67 bits per heavy atom. The van der Waals surface area contributed by atoms with Crippen molar-refractivity contribution in [1.82, 2.24) is 0 Å². The fourth-order valence-electron chi connectivity index (χ4n) is 3.10. The average molecular weight is 596 g/mol. The second-order valence-corrected chi connectivity index (χ2v) is 8.80. The predicted octanol–water partition coefficient (Wildman–Crippen LogP) is 7.27. The molecule has 0 saturated carbocycles. The minimum atomic E-state index is 0.257. The molecule has 0 aliphatic carbocycles. The molecule has 0 saturated heterocycles. The lowest BCUT2D eigenvalue weighted by atomic mass is 10.0. The number of benzene rings is 3. The average Bonchev–Trinajstić information content (AvgIpc) is 2.82. The van der Waals surface area contributed by atoms with E-state index in [1.165, 1.54) is 0 Å². The summed E-state index contributed by atoms with van der Waals surface area (Å²) in [6, 6.07) is 16.6. The Labute approximate surface area is 216 Å². The molecule has 0 radical (unpaired) electrons. The summed E-state index contributed by atoms with van der Waals surface area (Å²) in [5.41, 5.74) is 2.78. The van der Waals surface area contributed by atoms with Gasteiger partial charge in [-0.15, -0.1) is 0 Å². The summed E-state index contributed by atoms with van der Waals surface area (Å²) < 4.78 is 23.0.